The van der Waals surface area contributed by atoms with Gasteiger partial charge < -0.3 is 10.1 Å². The predicted octanol–water partition coefficient (Wildman–Crippen LogP) is 5.32. The first kappa shape index (κ1) is 24.3. The lowest BCUT2D eigenvalue weighted by atomic mass is 10.1. The number of nitrogens with one attached hydrogen (secondary N) is 1. The molecule has 1 atom stereocenters. The van der Waals surface area contributed by atoms with Gasteiger partial charge in [0.05, 0.1) is 27.2 Å². The van der Waals surface area contributed by atoms with Gasteiger partial charge in [0, 0.05) is 47.1 Å². The van der Waals surface area contributed by atoms with Gasteiger partial charge in [-0.25, -0.2) is 13.6 Å². The number of methoxy groups -OCH3 is 1. The molecule has 1 N–H and O–H groups in total. The van der Waals surface area contributed by atoms with Crippen LogP contribution in [0.1, 0.15) is 15.9 Å². The monoisotopic (exact) mass is 513 g/mol. The number of hydrogen-bond acceptors (Lipinski definition) is 4. The van der Waals surface area contributed by atoms with E-state index in [1.807, 2.05) is 36.5 Å². The molecule has 0 spiro atoms. The molecule has 1 amide bonds. The number of para-hydroxylation sites is 1. The number of pyridine rings is 1. The molecule has 0 saturated carbocycles. The second-order valence-electron chi connectivity index (χ2n) is 8.45. The number of rotatable bonds is 7. The first-order valence-corrected chi connectivity index (χ1v) is 13.2. The van der Waals surface area contributed by atoms with Gasteiger partial charge in [-0.3, -0.25) is 8.77 Å². The van der Waals surface area contributed by atoms with E-state index < -0.39 is 9.71 Å². The number of aromatic nitrogens is 2. The number of carbonyl (C=O) groups is 1. The summed E-state index contributed by atoms with van der Waals surface area (Å²) in [7, 11) is -1.40. The number of halogens is 1. The van der Waals surface area contributed by atoms with Crippen molar-refractivity contribution in [2.24, 2.45) is 0 Å². The van der Waals surface area contributed by atoms with Crippen LogP contribution in [-0.2, 0) is 16.3 Å². The second-order valence-corrected chi connectivity index (χ2v) is 10.6. The lowest BCUT2D eigenvalue weighted by molar-refractivity contribution is 0.0951. The van der Waals surface area contributed by atoms with E-state index in [2.05, 4.69) is 16.2 Å². The van der Waals surface area contributed by atoms with Crippen molar-refractivity contribution in [1.29, 1.82) is 0 Å². The minimum atomic E-state index is -2.96. The van der Waals surface area contributed by atoms with E-state index in [0.29, 0.717) is 16.3 Å². The number of nitrogens with zero attached hydrogens (tertiary/aromatic N) is 2. The zero-order valence-electron chi connectivity index (χ0n) is 20.1. The number of fused-ring (bicyclic) bond motifs is 1. The van der Waals surface area contributed by atoms with Crippen LogP contribution >= 0.6 is 0 Å². The summed E-state index contributed by atoms with van der Waals surface area (Å²) in [6.07, 6.45) is 3.54. The molecule has 0 fully saturated rings. The number of benzene rings is 3. The highest BCUT2D eigenvalue weighted by Gasteiger charge is 2.18. The lowest BCUT2D eigenvalue weighted by Crippen LogP contribution is -2.22. The van der Waals surface area contributed by atoms with Crippen LogP contribution < -0.4 is 10.1 Å². The van der Waals surface area contributed by atoms with Crippen molar-refractivity contribution in [1.82, 2.24) is 14.3 Å². The highest BCUT2D eigenvalue weighted by molar-refractivity contribution is 7.99. The average molecular weight is 514 g/mol. The Labute approximate surface area is 214 Å². The smallest absolute Gasteiger partial charge is 0.251 e. The van der Waals surface area contributed by atoms with Crippen molar-refractivity contribution in [3.8, 4) is 17.0 Å². The Morgan fingerprint density at radius 1 is 1.03 bits per heavy atom. The maximum atomic E-state index is 14.1. The molecule has 186 valence electrons. The Morgan fingerprint density at radius 3 is 2.43 bits per heavy atom. The fourth-order valence-electron chi connectivity index (χ4n) is 4.10. The summed E-state index contributed by atoms with van der Waals surface area (Å²) in [4.78, 5) is 17.4. The molecular formula is C29H24FN3O3S. The molecule has 0 saturated heterocycles. The SMILES string of the molecule is C=S(=O)(c1ccc(C(=O)NCc2ccc(F)cc2)cc1)n1cc(-c2ccc(OC)nc2)c2ccccc21. The van der Waals surface area contributed by atoms with E-state index in [4.69, 9.17) is 4.74 Å². The van der Waals surface area contributed by atoms with E-state index in [0.717, 1.165) is 27.6 Å². The van der Waals surface area contributed by atoms with E-state index in [-0.39, 0.29) is 18.3 Å². The van der Waals surface area contributed by atoms with E-state index in [1.54, 1.807) is 59.7 Å². The van der Waals surface area contributed by atoms with Gasteiger partial charge in [0.1, 0.15) is 5.82 Å². The summed E-state index contributed by atoms with van der Waals surface area (Å²) >= 11 is 0. The highest BCUT2D eigenvalue weighted by atomic mass is 32.2. The summed E-state index contributed by atoms with van der Waals surface area (Å²) in [5, 5.41) is 3.73. The van der Waals surface area contributed by atoms with Gasteiger partial charge in [0.15, 0.2) is 0 Å². The maximum absolute atomic E-state index is 14.1. The van der Waals surface area contributed by atoms with Gasteiger partial charge in [-0.2, -0.15) is 0 Å². The van der Waals surface area contributed by atoms with Gasteiger partial charge in [-0.1, -0.05) is 30.3 Å². The topological polar surface area (TPSA) is 73.2 Å². The Hall–Kier alpha value is -4.43. The minimum absolute atomic E-state index is 0.269. The third-order valence-electron chi connectivity index (χ3n) is 6.10. The quantitative estimate of drug-likeness (QED) is 0.299. The first-order valence-electron chi connectivity index (χ1n) is 11.5. The number of amides is 1. The molecule has 1 unspecified atom stereocenters. The molecule has 0 aliphatic carbocycles. The number of hydrogen-bond donors (Lipinski definition) is 1. The largest absolute Gasteiger partial charge is 0.481 e. The lowest BCUT2D eigenvalue weighted by Gasteiger charge is -2.13. The van der Waals surface area contributed by atoms with Crippen molar-refractivity contribution in [2.75, 3.05) is 7.11 Å². The molecule has 37 heavy (non-hydrogen) atoms. The van der Waals surface area contributed by atoms with Crippen LogP contribution in [-0.4, -0.2) is 32.1 Å². The van der Waals surface area contributed by atoms with E-state index >= 15 is 0 Å². The molecule has 3 aromatic carbocycles. The molecular weight excluding hydrogens is 489 g/mol. The molecule has 0 bridgehead atoms. The van der Waals surface area contributed by atoms with Crippen LogP contribution in [0, 0.1) is 5.82 Å². The van der Waals surface area contributed by atoms with Crippen LogP contribution in [0.15, 0.2) is 102 Å². The Morgan fingerprint density at radius 2 is 1.76 bits per heavy atom. The molecule has 8 heteroatoms. The van der Waals surface area contributed by atoms with Crippen molar-refractivity contribution in [2.45, 2.75) is 11.4 Å². The van der Waals surface area contributed by atoms with Gasteiger partial charge >= 0.3 is 0 Å². The minimum Gasteiger partial charge on any atom is -0.481 e. The van der Waals surface area contributed by atoms with Crippen LogP contribution in [0.5, 0.6) is 5.88 Å². The molecule has 5 rings (SSSR count). The summed E-state index contributed by atoms with van der Waals surface area (Å²) in [6.45, 7) is 0.269. The van der Waals surface area contributed by atoms with E-state index in [1.165, 1.54) is 12.1 Å². The van der Waals surface area contributed by atoms with Crippen LogP contribution in [0.3, 0.4) is 0 Å². The zero-order valence-corrected chi connectivity index (χ0v) is 20.9. The second kappa shape index (κ2) is 9.91. The summed E-state index contributed by atoms with van der Waals surface area (Å²) in [6, 6.07) is 23.9. The van der Waals surface area contributed by atoms with Crippen molar-refractivity contribution in [3.05, 3.63) is 114 Å². The van der Waals surface area contributed by atoms with Crippen molar-refractivity contribution in [3.63, 3.8) is 0 Å². The molecule has 0 aliphatic rings. The fraction of sp³-hybridized carbons (Fsp3) is 0.0690. The standard InChI is InChI=1S/C29H24FN3O3S/c1-36-28-16-11-22(18-31-28)26-19-33(27-6-4-3-5-25(26)27)37(2,35)24-14-9-21(10-15-24)29(34)32-17-20-7-12-23(30)13-8-20/h3-16,18-19H,2,17H2,1H3,(H,32,34). The highest BCUT2D eigenvalue weighted by Crippen LogP contribution is 2.33. The molecule has 0 radical (unpaired) electrons. The first-order chi connectivity index (χ1) is 17.9. The molecule has 0 aliphatic heterocycles. The Kier molecular flexibility index (Phi) is 6.50. The third kappa shape index (κ3) is 4.83. The van der Waals surface area contributed by atoms with E-state index in [9.17, 15) is 13.4 Å². The molecule has 2 aromatic heterocycles. The van der Waals surface area contributed by atoms with Crippen molar-refractivity contribution < 1.29 is 18.1 Å². The Bertz CT molecular complexity index is 1680. The number of carbonyl (C=O) groups excluding carboxylic acids is 1. The zero-order chi connectivity index (χ0) is 26.0. The third-order valence-corrected chi connectivity index (χ3v) is 8.05. The predicted molar refractivity (Wildman–Crippen MR) is 145 cm³/mol. The molecule has 6 nitrogen and oxygen atoms in total. The summed E-state index contributed by atoms with van der Waals surface area (Å²) in [5.41, 5.74) is 3.71. The van der Waals surface area contributed by atoms with Gasteiger partial charge in [0.25, 0.3) is 5.91 Å². The average Bonchev–Trinajstić information content (AvgIpc) is 3.33. The van der Waals surface area contributed by atoms with Crippen LogP contribution in [0.4, 0.5) is 4.39 Å². The van der Waals surface area contributed by atoms with Gasteiger partial charge in [0.2, 0.25) is 5.88 Å². The number of ether oxygens (including phenoxy) is 1. The molecule has 2 heterocycles. The van der Waals surface area contributed by atoms with Crippen molar-refractivity contribution >= 4 is 32.4 Å². The van der Waals surface area contributed by atoms with Gasteiger partial charge in [-0.05, 0) is 60.0 Å². The summed E-state index contributed by atoms with van der Waals surface area (Å²) < 4.78 is 34.0. The summed E-state index contributed by atoms with van der Waals surface area (Å²) in [5.74, 6) is 3.97. The van der Waals surface area contributed by atoms with Crippen LogP contribution in [0.2, 0.25) is 0 Å². The Balaban J connectivity index is 1.42. The maximum Gasteiger partial charge on any atom is 0.251 e. The van der Waals surface area contributed by atoms with Gasteiger partial charge in [-0.15, -0.1) is 0 Å². The normalized spacial score (nSPS) is 12.7. The fourth-order valence-corrected chi connectivity index (χ4v) is 5.64. The van der Waals surface area contributed by atoms with Crippen LogP contribution in [0.25, 0.3) is 22.0 Å². The molecule has 5 aromatic rings.